The van der Waals surface area contributed by atoms with Crippen molar-refractivity contribution in [2.24, 2.45) is 11.8 Å². The number of nitrogens with zero attached hydrogens (tertiary/aromatic N) is 2. The van der Waals surface area contributed by atoms with Gasteiger partial charge in [-0.3, -0.25) is 9.80 Å². The maximum absolute atomic E-state index is 13.0. The fourth-order valence-electron chi connectivity index (χ4n) is 3.80. The molecule has 42 heavy (non-hydrogen) atoms. The third-order valence-corrected chi connectivity index (χ3v) is 5.51. The minimum atomic E-state index is -0.881. The van der Waals surface area contributed by atoms with E-state index in [0.717, 1.165) is 0 Å². The fraction of sp³-hybridized carbons (Fsp3) is 0.867. The third kappa shape index (κ3) is 16.7. The highest BCUT2D eigenvalue weighted by atomic mass is 16.6. The van der Waals surface area contributed by atoms with E-state index in [4.69, 9.17) is 28.4 Å². The molecule has 0 aromatic carbocycles. The highest BCUT2D eigenvalue weighted by molar-refractivity contribution is 5.82. The Morgan fingerprint density at radius 2 is 0.905 bits per heavy atom. The van der Waals surface area contributed by atoms with Gasteiger partial charge >= 0.3 is 24.1 Å². The Kier molecular flexibility index (Phi) is 17.7. The number of methoxy groups -OCH3 is 2. The van der Waals surface area contributed by atoms with Gasteiger partial charge in [0, 0.05) is 14.2 Å². The van der Waals surface area contributed by atoms with Crippen LogP contribution in [-0.2, 0) is 38.0 Å². The summed E-state index contributed by atoms with van der Waals surface area (Å²) >= 11 is 0. The van der Waals surface area contributed by atoms with Crippen molar-refractivity contribution < 1.29 is 47.6 Å². The molecule has 0 rings (SSSR count). The minimum Gasteiger partial charge on any atom is -0.464 e. The van der Waals surface area contributed by atoms with E-state index in [1.165, 1.54) is 24.0 Å². The molecule has 0 fully saturated rings. The predicted molar refractivity (Wildman–Crippen MR) is 158 cm³/mol. The van der Waals surface area contributed by atoms with Crippen LogP contribution in [0.4, 0.5) is 9.59 Å². The van der Waals surface area contributed by atoms with Crippen LogP contribution in [0.1, 0.15) is 94.9 Å². The predicted octanol–water partition coefficient (Wildman–Crippen LogP) is 5.36. The van der Waals surface area contributed by atoms with Crippen LogP contribution in [0.2, 0.25) is 0 Å². The van der Waals surface area contributed by atoms with E-state index in [1.54, 1.807) is 41.5 Å². The van der Waals surface area contributed by atoms with Gasteiger partial charge in [-0.2, -0.15) is 0 Å². The summed E-state index contributed by atoms with van der Waals surface area (Å²) in [7, 11) is 2.87. The SMILES string of the molecule is COCN(C(=O)OC(C)(C)C)[C@@H](CC(C)C)C(=O)OCCCCOC(=O)[C@H](CC(C)C)N(COC)C(=O)OC(C)(C)C. The Morgan fingerprint density at radius 3 is 1.14 bits per heavy atom. The molecule has 2 atom stereocenters. The maximum Gasteiger partial charge on any atom is 0.412 e. The highest BCUT2D eigenvalue weighted by Gasteiger charge is 2.36. The number of carbonyl (C=O) groups excluding carboxylic acids is 4. The molecule has 0 heterocycles. The Morgan fingerprint density at radius 1 is 0.595 bits per heavy atom. The van der Waals surface area contributed by atoms with Crippen molar-refractivity contribution in [2.45, 2.75) is 118 Å². The van der Waals surface area contributed by atoms with Gasteiger partial charge in [0.1, 0.15) is 36.7 Å². The molecule has 0 aromatic heterocycles. The summed E-state index contributed by atoms with van der Waals surface area (Å²) in [5.41, 5.74) is -1.48. The van der Waals surface area contributed by atoms with Crippen LogP contribution in [0.3, 0.4) is 0 Å². The van der Waals surface area contributed by atoms with Gasteiger partial charge in [0.2, 0.25) is 0 Å². The molecule has 0 saturated heterocycles. The molecule has 0 aliphatic heterocycles. The van der Waals surface area contributed by atoms with E-state index in [0.29, 0.717) is 25.7 Å². The number of hydrogen-bond acceptors (Lipinski definition) is 10. The lowest BCUT2D eigenvalue weighted by atomic mass is 10.0. The molecular weight excluding hydrogens is 548 g/mol. The molecule has 2 amide bonds. The largest absolute Gasteiger partial charge is 0.464 e. The number of amides is 2. The van der Waals surface area contributed by atoms with E-state index in [9.17, 15) is 19.2 Å². The van der Waals surface area contributed by atoms with Crippen LogP contribution in [0.5, 0.6) is 0 Å². The summed E-state index contributed by atoms with van der Waals surface area (Å²) < 4.78 is 32.3. The second-order valence-electron chi connectivity index (χ2n) is 13.1. The number of hydrogen-bond donors (Lipinski definition) is 0. The van der Waals surface area contributed by atoms with Crippen LogP contribution in [-0.4, -0.2) is 98.1 Å². The van der Waals surface area contributed by atoms with Crippen LogP contribution in [0.25, 0.3) is 0 Å². The first kappa shape index (κ1) is 39.4. The van der Waals surface area contributed by atoms with E-state index >= 15 is 0 Å². The number of carbonyl (C=O) groups is 4. The number of unbranched alkanes of at least 4 members (excludes halogenated alkanes) is 1. The second kappa shape index (κ2) is 18.8. The average molecular weight is 605 g/mol. The van der Waals surface area contributed by atoms with E-state index < -0.39 is 47.4 Å². The smallest absolute Gasteiger partial charge is 0.412 e. The fourth-order valence-corrected chi connectivity index (χ4v) is 3.80. The average Bonchev–Trinajstić information content (AvgIpc) is 2.82. The summed E-state index contributed by atoms with van der Waals surface area (Å²) in [6, 6.07) is -1.76. The number of esters is 2. The first-order chi connectivity index (χ1) is 19.3. The summed E-state index contributed by atoms with van der Waals surface area (Å²) in [6.45, 7) is 18.1. The van der Waals surface area contributed by atoms with Gasteiger partial charge in [-0.1, -0.05) is 27.7 Å². The van der Waals surface area contributed by atoms with E-state index in [-0.39, 0.29) is 38.5 Å². The molecule has 0 saturated carbocycles. The molecule has 0 aliphatic rings. The standard InChI is InChI=1S/C30H56N2O10/c1-21(2)17-23(31(19-37-11)27(35)41-29(5,6)7)25(33)39-15-13-14-16-40-26(34)24(18-22(3)4)32(20-38-12)28(36)42-30(8,9)10/h21-24H,13-20H2,1-12H3/t23-,24-/m0/s1. The van der Waals surface area contributed by atoms with Crippen molar-refractivity contribution in [3.63, 3.8) is 0 Å². The molecule has 0 radical (unpaired) electrons. The van der Waals surface area contributed by atoms with Crippen LogP contribution in [0, 0.1) is 11.8 Å². The Balaban J connectivity index is 5.17. The van der Waals surface area contributed by atoms with Crippen molar-refractivity contribution >= 4 is 24.1 Å². The van der Waals surface area contributed by atoms with Gasteiger partial charge < -0.3 is 28.4 Å². The van der Waals surface area contributed by atoms with Gasteiger partial charge in [0.25, 0.3) is 0 Å². The monoisotopic (exact) mass is 604 g/mol. The summed E-state index contributed by atoms with van der Waals surface area (Å²) in [4.78, 5) is 54.1. The lowest BCUT2D eigenvalue weighted by molar-refractivity contribution is -0.155. The van der Waals surface area contributed by atoms with Gasteiger partial charge in [-0.25, -0.2) is 19.2 Å². The van der Waals surface area contributed by atoms with Gasteiger partial charge in [0.05, 0.1) is 13.2 Å². The zero-order chi connectivity index (χ0) is 32.7. The normalized spacial score (nSPS) is 13.4. The van der Waals surface area contributed by atoms with Gasteiger partial charge in [-0.05, 0) is 79.1 Å². The molecule has 0 N–H and O–H groups in total. The van der Waals surface area contributed by atoms with Crippen molar-refractivity contribution in [1.29, 1.82) is 0 Å². The number of ether oxygens (including phenoxy) is 6. The van der Waals surface area contributed by atoms with Gasteiger partial charge in [-0.15, -0.1) is 0 Å². The molecule has 0 spiro atoms. The quantitative estimate of drug-likeness (QED) is 0.0925. The van der Waals surface area contributed by atoms with Crippen molar-refractivity contribution in [3.05, 3.63) is 0 Å². The highest BCUT2D eigenvalue weighted by Crippen LogP contribution is 2.20. The Labute approximate surface area is 252 Å². The lowest BCUT2D eigenvalue weighted by Gasteiger charge is -2.32. The summed E-state index contributed by atoms with van der Waals surface area (Å²) in [5, 5.41) is 0. The van der Waals surface area contributed by atoms with E-state index in [2.05, 4.69) is 0 Å². The maximum atomic E-state index is 13.0. The van der Waals surface area contributed by atoms with Crippen LogP contribution < -0.4 is 0 Å². The Hall–Kier alpha value is -2.60. The van der Waals surface area contributed by atoms with Crippen LogP contribution >= 0.6 is 0 Å². The molecule has 12 heteroatoms. The lowest BCUT2D eigenvalue weighted by Crippen LogP contribution is -2.49. The third-order valence-electron chi connectivity index (χ3n) is 5.51. The zero-order valence-electron chi connectivity index (χ0n) is 27.9. The molecule has 0 aromatic rings. The number of rotatable bonds is 17. The van der Waals surface area contributed by atoms with Crippen molar-refractivity contribution in [2.75, 3.05) is 40.9 Å². The second-order valence-corrected chi connectivity index (χ2v) is 13.1. The molecule has 0 unspecified atom stereocenters. The van der Waals surface area contributed by atoms with Crippen molar-refractivity contribution in [1.82, 2.24) is 9.80 Å². The summed E-state index contributed by atoms with van der Waals surface area (Å²) in [6.07, 6.45) is 0.254. The van der Waals surface area contributed by atoms with Gasteiger partial charge in [0.15, 0.2) is 0 Å². The first-order valence-electron chi connectivity index (χ1n) is 14.6. The molecule has 12 nitrogen and oxygen atoms in total. The zero-order valence-corrected chi connectivity index (χ0v) is 27.9. The minimum absolute atomic E-state index is 0.0727. The summed E-state index contributed by atoms with van der Waals surface area (Å²) in [5.74, 6) is -0.928. The first-order valence-corrected chi connectivity index (χ1v) is 14.6. The topological polar surface area (TPSA) is 130 Å². The molecule has 0 bridgehead atoms. The molecule has 0 aliphatic carbocycles. The molecular formula is C30H56N2O10. The van der Waals surface area contributed by atoms with Crippen molar-refractivity contribution in [3.8, 4) is 0 Å². The molecule has 246 valence electrons. The van der Waals surface area contributed by atoms with E-state index in [1.807, 2.05) is 27.7 Å². The van der Waals surface area contributed by atoms with Crippen LogP contribution in [0.15, 0.2) is 0 Å². The Bertz CT molecular complexity index is 765.